The largest absolute Gasteiger partial charge is 0.491 e. The molecule has 20 heavy (non-hydrogen) atoms. The van der Waals surface area contributed by atoms with Crippen LogP contribution in [-0.4, -0.2) is 30.6 Å². The number of hydrogen-bond acceptors (Lipinski definition) is 3. The first-order valence-corrected chi connectivity index (χ1v) is 6.66. The Morgan fingerprint density at radius 1 is 1.10 bits per heavy atom. The fraction of sp³-hybridized carbons (Fsp3) is 0.235. The van der Waals surface area contributed by atoms with Crippen LogP contribution in [-0.2, 0) is 0 Å². The van der Waals surface area contributed by atoms with E-state index in [1.807, 2.05) is 61.5 Å². The van der Waals surface area contributed by atoms with Gasteiger partial charge in [0.15, 0.2) is 0 Å². The molecule has 1 atom stereocenters. The van der Waals surface area contributed by atoms with E-state index >= 15 is 0 Å². The molecule has 0 heterocycles. The van der Waals surface area contributed by atoms with Crippen molar-refractivity contribution in [1.82, 2.24) is 0 Å². The minimum Gasteiger partial charge on any atom is -0.491 e. The van der Waals surface area contributed by atoms with E-state index in [0.29, 0.717) is 6.54 Å². The second kappa shape index (κ2) is 7.46. The van der Waals surface area contributed by atoms with Gasteiger partial charge in [0.25, 0.3) is 0 Å². The zero-order valence-corrected chi connectivity index (χ0v) is 11.6. The molecule has 2 aromatic carbocycles. The van der Waals surface area contributed by atoms with E-state index in [0.717, 1.165) is 11.3 Å². The van der Waals surface area contributed by atoms with E-state index in [9.17, 15) is 5.11 Å². The Hall–Kier alpha value is -2.13. The van der Waals surface area contributed by atoms with Crippen molar-refractivity contribution in [3.63, 3.8) is 0 Å². The highest BCUT2D eigenvalue weighted by molar-refractivity contribution is 5.79. The van der Waals surface area contributed by atoms with Crippen molar-refractivity contribution in [3.8, 4) is 5.75 Å². The number of hydrogen-bond donors (Lipinski definition) is 1. The molecule has 0 saturated heterocycles. The molecule has 1 N–H and O–H groups in total. The van der Waals surface area contributed by atoms with Crippen LogP contribution in [0.5, 0.6) is 5.75 Å². The molecule has 0 amide bonds. The highest BCUT2D eigenvalue weighted by Crippen LogP contribution is 2.08. The lowest BCUT2D eigenvalue weighted by Gasteiger charge is -2.09. The van der Waals surface area contributed by atoms with Crippen LogP contribution in [0.25, 0.3) is 0 Å². The van der Waals surface area contributed by atoms with Crippen LogP contribution >= 0.6 is 0 Å². The van der Waals surface area contributed by atoms with Gasteiger partial charge in [-0.05, 0) is 24.6 Å². The van der Waals surface area contributed by atoms with Crippen LogP contribution in [0, 0.1) is 6.92 Å². The van der Waals surface area contributed by atoms with Gasteiger partial charge in [-0.25, -0.2) is 0 Å². The summed E-state index contributed by atoms with van der Waals surface area (Å²) >= 11 is 0. The lowest BCUT2D eigenvalue weighted by Crippen LogP contribution is -2.20. The molecule has 3 heteroatoms. The van der Waals surface area contributed by atoms with Crippen molar-refractivity contribution in [2.24, 2.45) is 4.99 Å². The maximum absolute atomic E-state index is 9.79. The molecule has 0 aromatic heterocycles. The standard InChI is InChI=1S/C17H19NO2/c1-14-7-9-15(10-8-14)11-18-12-16(19)13-20-17-5-3-2-4-6-17/h2-11,16,19H,12-13H2,1H3. The van der Waals surface area contributed by atoms with Crippen LogP contribution < -0.4 is 4.74 Å². The van der Waals surface area contributed by atoms with Gasteiger partial charge in [-0.2, -0.15) is 0 Å². The molecule has 1 unspecified atom stereocenters. The Bertz CT molecular complexity index is 535. The summed E-state index contributed by atoms with van der Waals surface area (Å²) < 4.78 is 5.46. The monoisotopic (exact) mass is 269 g/mol. The third kappa shape index (κ3) is 4.86. The lowest BCUT2D eigenvalue weighted by atomic mass is 10.2. The Kier molecular flexibility index (Phi) is 5.33. The van der Waals surface area contributed by atoms with Gasteiger partial charge in [0.05, 0.1) is 6.54 Å². The molecule has 0 aliphatic heterocycles. The number of ether oxygens (including phenoxy) is 1. The van der Waals surface area contributed by atoms with Gasteiger partial charge in [-0.3, -0.25) is 4.99 Å². The molecule has 3 nitrogen and oxygen atoms in total. The summed E-state index contributed by atoms with van der Waals surface area (Å²) in [6, 6.07) is 17.5. The Morgan fingerprint density at radius 3 is 2.50 bits per heavy atom. The number of aliphatic imine (C=N–C) groups is 1. The Morgan fingerprint density at radius 2 is 1.80 bits per heavy atom. The first kappa shape index (κ1) is 14.3. The summed E-state index contributed by atoms with van der Waals surface area (Å²) in [5, 5.41) is 9.79. The van der Waals surface area contributed by atoms with E-state index < -0.39 is 6.10 Å². The number of nitrogens with zero attached hydrogens (tertiary/aromatic N) is 1. The number of aryl methyl sites for hydroxylation is 1. The van der Waals surface area contributed by atoms with Crippen LogP contribution in [0.3, 0.4) is 0 Å². The molecular formula is C17H19NO2. The highest BCUT2D eigenvalue weighted by atomic mass is 16.5. The molecule has 104 valence electrons. The maximum atomic E-state index is 9.79. The topological polar surface area (TPSA) is 41.8 Å². The first-order valence-electron chi connectivity index (χ1n) is 6.66. The van der Waals surface area contributed by atoms with Gasteiger partial charge in [0.1, 0.15) is 18.5 Å². The number of benzene rings is 2. The second-order valence-corrected chi connectivity index (χ2v) is 4.68. The van der Waals surface area contributed by atoms with Crippen molar-refractivity contribution < 1.29 is 9.84 Å². The molecule has 0 aliphatic rings. The average Bonchev–Trinajstić information content (AvgIpc) is 2.48. The van der Waals surface area contributed by atoms with Gasteiger partial charge < -0.3 is 9.84 Å². The second-order valence-electron chi connectivity index (χ2n) is 4.68. The van der Waals surface area contributed by atoms with E-state index in [-0.39, 0.29) is 6.61 Å². The summed E-state index contributed by atoms with van der Waals surface area (Å²) in [6.45, 7) is 2.63. The van der Waals surface area contributed by atoms with Gasteiger partial charge in [-0.15, -0.1) is 0 Å². The third-order valence-corrected chi connectivity index (χ3v) is 2.82. The van der Waals surface area contributed by atoms with E-state index in [4.69, 9.17) is 4.74 Å². The summed E-state index contributed by atoms with van der Waals surface area (Å²) in [5.41, 5.74) is 2.25. The molecule has 2 rings (SSSR count). The highest BCUT2D eigenvalue weighted by Gasteiger charge is 2.03. The normalized spacial score (nSPS) is 12.5. The predicted molar refractivity (Wildman–Crippen MR) is 81.6 cm³/mol. The zero-order chi connectivity index (χ0) is 14.2. The average molecular weight is 269 g/mol. The summed E-state index contributed by atoms with van der Waals surface area (Å²) in [6.07, 6.45) is 1.17. The first-order chi connectivity index (χ1) is 9.74. The van der Waals surface area contributed by atoms with E-state index in [1.165, 1.54) is 5.56 Å². The molecule has 0 spiro atoms. The lowest BCUT2D eigenvalue weighted by molar-refractivity contribution is 0.114. The number of aliphatic hydroxyl groups is 1. The fourth-order valence-corrected chi connectivity index (χ4v) is 1.69. The fourth-order valence-electron chi connectivity index (χ4n) is 1.69. The molecular weight excluding hydrogens is 250 g/mol. The quantitative estimate of drug-likeness (QED) is 0.819. The number of aliphatic hydroxyl groups excluding tert-OH is 1. The van der Waals surface area contributed by atoms with Crippen LogP contribution in [0.4, 0.5) is 0 Å². The van der Waals surface area contributed by atoms with Gasteiger partial charge in [0.2, 0.25) is 0 Å². The molecule has 0 bridgehead atoms. The molecule has 0 saturated carbocycles. The van der Waals surface area contributed by atoms with E-state index in [1.54, 1.807) is 6.21 Å². The summed E-state index contributed by atoms with van der Waals surface area (Å²) in [5.74, 6) is 0.758. The summed E-state index contributed by atoms with van der Waals surface area (Å²) in [7, 11) is 0. The number of para-hydroxylation sites is 1. The van der Waals surface area contributed by atoms with Crippen molar-refractivity contribution in [1.29, 1.82) is 0 Å². The van der Waals surface area contributed by atoms with Crippen molar-refractivity contribution >= 4 is 6.21 Å². The minimum absolute atomic E-state index is 0.245. The van der Waals surface area contributed by atoms with Crippen LogP contribution in [0.1, 0.15) is 11.1 Å². The maximum Gasteiger partial charge on any atom is 0.119 e. The minimum atomic E-state index is -0.600. The smallest absolute Gasteiger partial charge is 0.119 e. The van der Waals surface area contributed by atoms with Crippen molar-refractivity contribution in [3.05, 3.63) is 65.7 Å². The Balaban J connectivity index is 1.74. The van der Waals surface area contributed by atoms with Gasteiger partial charge >= 0.3 is 0 Å². The zero-order valence-electron chi connectivity index (χ0n) is 11.6. The SMILES string of the molecule is Cc1ccc(C=NCC(O)COc2ccccc2)cc1. The molecule has 0 radical (unpaired) electrons. The van der Waals surface area contributed by atoms with Crippen molar-refractivity contribution in [2.45, 2.75) is 13.0 Å². The molecule has 2 aromatic rings. The third-order valence-electron chi connectivity index (χ3n) is 2.82. The number of rotatable bonds is 6. The predicted octanol–water partition coefficient (Wildman–Crippen LogP) is 2.85. The van der Waals surface area contributed by atoms with Crippen LogP contribution in [0.2, 0.25) is 0 Å². The summed E-state index contributed by atoms with van der Waals surface area (Å²) in [4.78, 5) is 4.23. The van der Waals surface area contributed by atoms with Gasteiger partial charge in [0, 0.05) is 6.21 Å². The van der Waals surface area contributed by atoms with Crippen LogP contribution in [0.15, 0.2) is 59.6 Å². The Labute approximate surface area is 119 Å². The van der Waals surface area contributed by atoms with Gasteiger partial charge in [-0.1, -0.05) is 48.0 Å². The van der Waals surface area contributed by atoms with Crippen molar-refractivity contribution in [2.75, 3.05) is 13.2 Å². The van der Waals surface area contributed by atoms with E-state index in [2.05, 4.69) is 4.99 Å². The molecule has 0 aliphatic carbocycles. The molecule has 0 fully saturated rings.